The molecule has 3 rings (SSSR count). The molecule has 0 aliphatic carbocycles. The van der Waals surface area contributed by atoms with Crippen LogP contribution in [0.5, 0.6) is 5.75 Å². The van der Waals surface area contributed by atoms with E-state index in [1.165, 1.54) is 6.33 Å². The summed E-state index contributed by atoms with van der Waals surface area (Å²) in [6, 6.07) is 9.54. The van der Waals surface area contributed by atoms with E-state index >= 15 is 0 Å². The second kappa shape index (κ2) is 5.34. The maximum Gasteiger partial charge on any atom is 0.255 e. The molecule has 3 aromatic rings. The second-order valence-corrected chi connectivity index (χ2v) is 4.53. The standard InChI is InChI=1S/C13H12ClN5O/c1-20-10-4-2-3-9(5-10)7-15-12-6-11(14)18-13-16-8-17-19(12)13/h2-6,8,15H,7H2,1H3. The van der Waals surface area contributed by atoms with Crippen LogP contribution in [0.4, 0.5) is 5.82 Å². The molecular formula is C13H12ClN5O. The molecule has 102 valence electrons. The highest BCUT2D eigenvalue weighted by Crippen LogP contribution is 2.17. The van der Waals surface area contributed by atoms with Crippen LogP contribution < -0.4 is 10.1 Å². The number of hydrogen-bond donors (Lipinski definition) is 1. The average molecular weight is 290 g/mol. The van der Waals surface area contributed by atoms with Gasteiger partial charge in [0.1, 0.15) is 23.0 Å². The Kier molecular flexibility index (Phi) is 3.39. The fourth-order valence-corrected chi connectivity index (χ4v) is 2.06. The number of methoxy groups -OCH3 is 1. The van der Waals surface area contributed by atoms with Crippen LogP contribution in [-0.2, 0) is 6.54 Å². The van der Waals surface area contributed by atoms with Crippen LogP contribution in [0.25, 0.3) is 5.78 Å². The highest BCUT2D eigenvalue weighted by molar-refractivity contribution is 6.29. The number of fused-ring (bicyclic) bond motifs is 1. The number of benzene rings is 1. The van der Waals surface area contributed by atoms with Crippen LogP contribution in [0.3, 0.4) is 0 Å². The predicted octanol–water partition coefficient (Wildman–Crippen LogP) is 2.40. The van der Waals surface area contributed by atoms with Crippen LogP contribution in [0, 0.1) is 0 Å². The molecule has 2 aromatic heterocycles. The summed E-state index contributed by atoms with van der Waals surface area (Å²) >= 11 is 5.96. The molecule has 0 saturated heterocycles. The van der Waals surface area contributed by atoms with Crippen molar-refractivity contribution >= 4 is 23.2 Å². The Bertz CT molecular complexity index is 742. The van der Waals surface area contributed by atoms with Crippen molar-refractivity contribution in [2.75, 3.05) is 12.4 Å². The zero-order valence-corrected chi connectivity index (χ0v) is 11.5. The SMILES string of the molecule is COc1cccc(CNc2cc(Cl)nc3ncnn23)c1. The lowest BCUT2D eigenvalue weighted by Crippen LogP contribution is -2.06. The largest absolute Gasteiger partial charge is 0.497 e. The molecule has 0 amide bonds. The molecule has 0 aliphatic heterocycles. The van der Waals surface area contributed by atoms with E-state index in [2.05, 4.69) is 20.4 Å². The lowest BCUT2D eigenvalue weighted by Gasteiger charge is -2.09. The molecule has 20 heavy (non-hydrogen) atoms. The summed E-state index contributed by atoms with van der Waals surface area (Å²) in [6.07, 6.45) is 1.44. The van der Waals surface area contributed by atoms with Crippen LogP contribution in [0.2, 0.25) is 5.15 Å². The van der Waals surface area contributed by atoms with E-state index in [-0.39, 0.29) is 0 Å². The van der Waals surface area contributed by atoms with Crippen molar-refractivity contribution in [1.29, 1.82) is 0 Å². The Labute approximate surface area is 120 Å². The van der Waals surface area contributed by atoms with Crippen molar-refractivity contribution in [3.8, 4) is 5.75 Å². The van der Waals surface area contributed by atoms with E-state index in [4.69, 9.17) is 16.3 Å². The first-order valence-electron chi connectivity index (χ1n) is 5.99. The summed E-state index contributed by atoms with van der Waals surface area (Å²) in [5.41, 5.74) is 1.09. The topological polar surface area (TPSA) is 64.3 Å². The van der Waals surface area contributed by atoms with Crippen molar-refractivity contribution in [1.82, 2.24) is 19.6 Å². The van der Waals surface area contributed by atoms with Gasteiger partial charge in [0.05, 0.1) is 7.11 Å². The van der Waals surface area contributed by atoms with Crippen molar-refractivity contribution in [2.45, 2.75) is 6.54 Å². The third-order valence-corrected chi connectivity index (χ3v) is 3.02. The van der Waals surface area contributed by atoms with Gasteiger partial charge in [-0.3, -0.25) is 0 Å². The fourth-order valence-electron chi connectivity index (χ4n) is 1.88. The number of nitrogens with zero attached hydrogens (tertiary/aromatic N) is 4. The molecule has 0 unspecified atom stereocenters. The third kappa shape index (κ3) is 2.50. The van der Waals surface area contributed by atoms with Crippen LogP contribution in [0.15, 0.2) is 36.7 Å². The summed E-state index contributed by atoms with van der Waals surface area (Å²) in [6.45, 7) is 0.618. The Morgan fingerprint density at radius 2 is 2.25 bits per heavy atom. The van der Waals surface area contributed by atoms with Gasteiger partial charge in [-0.25, -0.2) is 0 Å². The molecule has 6 nitrogen and oxygen atoms in total. The molecule has 0 atom stereocenters. The van der Waals surface area contributed by atoms with Crippen LogP contribution in [-0.4, -0.2) is 26.7 Å². The van der Waals surface area contributed by atoms with Crippen molar-refractivity contribution in [3.63, 3.8) is 0 Å². The number of anilines is 1. The minimum absolute atomic E-state index is 0.374. The molecule has 0 bridgehead atoms. The third-order valence-electron chi connectivity index (χ3n) is 2.83. The number of aromatic nitrogens is 4. The Morgan fingerprint density at radius 1 is 1.35 bits per heavy atom. The van der Waals surface area contributed by atoms with E-state index in [1.54, 1.807) is 17.7 Å². The molecule has 0 aliphatic rings. The Hall–Kier alpha value is -2.34. The Morgan fingerprint density at radius 3 is 3.10 bits per heavy atom. The smallest absolute Gasteiger partial charge is 0.255 e. The molecule has 1 aromatic carbocycles. The maximum absolute atomic E-state index is 5.96. The molecule has 0 saturated carbocycles. The highest BCUT2D eigenvalue weighted by Gasteiger charge is 2.06. The predicted molar refractivity (Wildman–Crippen MR) is 76.1 cm³/mol. The summed E-state index contributed by atoms with van der Waals surface area (Å²) in [5.74, 6) is 2.02. The highest BCUT2D eigenvalue weighted by atomic mass is 35.5. The zero-order chi connectivity index (χ0) is 13.9. The minimum atomic E-state index is 0.374. The maximum atomic E-state index is 5.96. The summed E-state index contributed by atoms with van der Waals surface area (Å²) in [4.78, 5) is 8.09. The quantitative estimate of drug-likeness (QED) is 0.747. The summed E-state index contributed by atoms with van der Waals surface area (Å²) < 4.78 is 6.80. The molecule has 0 spiro atoms. The normalized spacial score (nSPS) is 10.7. The van der Waals surface area contributed by atoms with Crippen LogP contribution >= 0.6 is 11.6 Å². The first-order chi connectivity index (χ1) is 9.76. The van der Waals surface area contributed by atoms with Gasteiger partial charge >= 0.3 is 0 Å². The lowest BCUT2D eigenvalue weighted by molar-refractivity contribution is 0.414. The zero-order valence-electron chi connectivity index (χ0n) is 10.7. The van der Waals surface area contributed by atoms with Gasteiger partial charge in [0.15, 0.2) is 0 Å². The molecule has 1 N–H and O–H groups in total. The van der Waals surface area contributed by atoms with E-state index in [0.29, 0.717) is 17.5 Å². The summed E-state index contributed by atoms with van der Waals surface area (Å²) in [7, 11) is 1.65. The first kappa shape index (κ1) is 12.7. The van der Waals surface area contributed by atoms with Gasteiger partial charge in [0.25, 0.3) is 5.78 Å². The van der Waals surface area contributed by atoms with E-state index in [1.807, 2.05) is 24.3 Å². The monoisotopic (exact) mass is 289 g/mol. The molecule has 0 fully saturated rings. The molecular weight excluding hydrogens is 278 g/mol. The van der Waals surface area contributed by atoms with Gasteiger partial charge in [-0.2, -0.15) is 19.6 Å². The van der Waals surface area contributed by atoms with Gasteiger partial charge in [0.2, 0.25) is 0 Å². The van der Waals surface area contributed by atoms with Crippen LogP contribution in [0.1, 0.15) is 5.56 Å². The number of nitrogens with one attached hydrogen (secondary N) is 1. The van der Waals surface area contributed by atoms with Crippen molar-refractivity contribution in [2.24, 2.45) is 0 Å². The lowest BCUT2D eigenvalue weighted by atomic mass is 10.2. The number of halogens is 1. The van der Waals surface area contributed by atoms with E-state index in [0.717, 1.165) is 17.1 Å². The Balaban J connectivity index is 1.84. The van der Waals surface area contributed by atoms with E-state index < -0.39 is 0 Å². The fraction of sp³-hybridized carbons (Fsp3) is 0.154. The van der Waals surface area contributed by atoms with Crippen molar-refractivity contribution in [3.05, 3.63) is 47.4 Å². The molecule has 0 radical (unpaired) electrons. The van der Waals surface area contributed by atoms with Gasteiger partial charge in [-0.15, -0.1) is 0 Å². The average Bonchev–Trinajstić information content (AvgIpc) is 2.93. The van der Waals surface area contributed by atoms with Gasteiger partial charge in [-0.05, 0) is 17.7 Å². The van der Waals surface area contributed by atoms with Gasteiger partial charge in [-0.1, -0.05) is 23.7 Å². The van der Waals surface area contributed by atoms with Crippen molar-refractivity contribution < 1.29 is 4.74 Å². The summed E-state index contributed by atoms with van der Waals surface area (Å²) in [5, 5.41) is 7.74. The van der Waals surface area contributed by atoms with Gasteiger partial charge < -0.3 is 10.1 Å². The van der Waals surface area contributed by atoms with E-state index in [9.17, 15) is 0 Å². The second-order valence-electron chi connectivity index (χ2n) is 4.14. The first-order valence-corrected chi connectivity index (χ1v) is 6.37. The number of ether oxygens (including phenoxy) is 1. The molecule has 2 heterocycles. The van der Waals surface area contributed by atoms with Gasteiger partial charge in [0, 0.05) is 12.6 Å². The minimum Gasteiger partial charge on any atom is -0.497 e. The number of rotatable bonds is 4. The number of hydrogen-bond acceptors (Lipinski definition) is 5. The molecule has 7 heteroatoms.